The van der Waals surface area contributed by atoms with Gasteiger partial charge in [-0.25, -0.2) is 13.1 Å². The number of ether oxygens (including phenoxy) is 1. The molecule has 184 valence electrons. The maximum atomic E-state index is 13.0. The van der Waals surface area contributed by atoms with Gasteiger partial charge in [0, 0.05) is 24.2 Å². The van der Waals surface area contributed by atoms with Crippen LogP contribution in [0.2, 0.25) is 0 Å². The lowest BCUT2D eigenvalue weighted by atomic mass is 10.0. The van der Waals surface area contributed by atoms with E-state index < -0.39 is 10.0 Å². The maximum Gasteiger partial charge on any atom is 0.251 e. The molecule has 0 radical (unpaired) electrons. The average molecular weight is 494 g/mol. The molecule has 1 aliphatic heterocycles. The first kappa shape index (κ1) is 24.9. The van der Waals surface area contributed by atoms with Crippen molar-refractivity contribution in [2.75, 3.05) is 26.7 Å². The molecule has 35 heavy (non-hydrogen) atoms. The first-order valence-corrected chi connectivity index (χ1v) is 13.2. The number of likely N-dealkylation sites (tertiary alicyclic amines) is 1. The van der Waals surface area contributed by atoms with Crippen LogP contribution >= 0.6 is 0 Å². The highest BCUT2D eigenvalue weighted by Crippen LogP contribution is 2.31. The van der Waals surface area contributed by atoms with Gasteiger partial charge in [-0.05, 0) is 55.8 Å². The number of rotatable bonds is 10. The third-order valence-corrected chi connectivity index (χ3v) is 7.65. The Bertz CT molecular complexity index is 1240. The lowest BCUT2D eigenvalue weighted by molar-refractivity contribution is 0.0937. The van der Waals surface area contributed by atoms with Gasteiger partial charge in [0.1, 0.15) is 5.75 Å². The van der Waals surface area contributed by atoms with Gasteiger partial charge >= 0.3 is 0 Å². The van der Waals surface area contributed by atoms with E-state index in [0.717, 1.165) is 42.8 Å². The Morgan fingerprint density at radius 3 is 2.43 bits per heavy atom. The van der Waals surface area contributed by atoms with Crippen LogP contribution in [-0.2, 0) is 16.6 Å². The number of benzene rings is 3. The summed E-state index contributed by atoms with van der Waals surface area (Å²) in [4.78, 5) is 15.4. The van der Waals surface area contributed by atoms with Crippen molar-refractivity contribution in [2.45, 2.75) is 30.3 Å². The van der Waals surface area contributed by atoms with Crippen LogP contribution in [0.1, 0.15) is 40.4 Å². The van der Waals surface area contributed by atoms with Crippen LogP contribution in [-0.4, -0.2) is 46.0 Å². The number of carbonyl (C=O) groups excluding carboxylic acids is 1. The Balaban J connectivity index is 1.46. The minimum absolute atomic E-state index is 0.0305. The third-order valence-electron chi connectivity index (χ3n) is 6.25. The third kappa shape index (κ3) is 6.28. The fourth-order valence-corrected chi connectivity index (χ4v) is 5.45. The highest BCUT2D eigenvalue weighted by Gasteiger charge is 2.26. The average Bonchev–Trinajstić information content (AvgIpc) is 3.43. The summed E-state index contributed by atoms with van der Waals surface area (Å²) in [5, 5.41) is 3.01. The first-order chi connectivity index (χ1) is 17.0. The monoisotopic (exact) mass is 493 g/mol. The minimum Gasteiger partial charge on any atom is -0.496 e. The lowest BCUT2D eigenvalue weighted by Gasteiger charge is -2.29. The van der Waals surface area contributed by atoms with E-state index in [4.69, 9.17) is 4.74 Å². The normalized spacial score (nSPS) is 15.0. The fourth-order valence-electron chi connectivity index (χ4n) is 4.38. The number of hydrogen-bond acceptors (Lipinski definition) is 5. The molecule has 7 nitrogen and oxygen atoms in total. The van der Waals surface area contributed by atoms with Gasteiger partial charge in [-0.3, -0.25) is 9.69 Å². The van der Waals surface area contributed by atoms with Crippen molar-refractivity contribution >= 4 is 15.9 Å². The summed E-state index contributed by atoms with van der Waals surface area (Å²) in [6.07, 6.45) is 2.24. The molecule has 1 fully saturated rings. The van der Waals surface area contributed by atoms with Crippen LogP contribution < -0.4 is 14.8 Å². The van der Waals surface area contributed by atoms with Gasteiger partial charge in [-0.2, -0.15) is 0 Å². The molecule has 1 aliphatic rings. The Labute approximate surface area is 207 Å². The number of nitrogens with one attached hydrogen (secondary N) is 2. The van der Waals surface area contributed by atoms with E-state index in [9.17, 15) is 13.2 Å². The van der Waals surface area contributed by atoms with Gasteiger partial charge in [0.05, 0.1) is 18.0 Å². The van der Waals surface area contributed by atoms with E-state index in [-0.39, 0.29) is 23.4 Å². The van der Waals surface area contributed by atoms with E-state index in [1.165, 1.54) is 12.1 Å². The molecule has 8 heteroatoms. The van der Waals surface area contributed by atoms with Crippen molar-refractivity contribution in [3.05, 3.63) is 95.6 Å². The highest BCUT2D eigenvalue weighted by atomic mass is 32.2. The van der Waals surface area contributed by atoms with Crippen LogP contribution in [0.5, 0.6) is 5.75 Å². The van der Waals surface area contributed by atoms with Gasteiger partial charge in [0.2, 0.25) is 10.0 Å². The van der Waals surface area contributed by atoms with Crippen LogP contribution in [0.25, 0.3) is 0 Å². The van der Waals surface area contributed by atoms with Gasteiger partial charge in [-0.1, -0.05) is 54.6 Å². The smallest absolute Gasteiger partial charge is 0.251 e. The fraction of sp³-hybridized carbons (Fsp3) is 0.296. The van der Waals surface area contributed by atoms with E-state index in [1.807, 2.05) is 54.6 Å². The molecule has 2 N–H and O–H groups in total. The lowest BCUT2D eigenvalue weighted by Crippen LogP contribution is -2.37. The summed E-state index contributed by atoms with van der Waals surface area (Å²) in [7, 11) is -2.12. The predicted octanol–water partition coefficient (Wildman–Crippen LogP) is 3.74. The topological polar surface area (TPSA) is 87.7 Å². The number of hydrogen-bond donors (Lipinski definition) is 2. The van der Waals surface area contributed by atoms with E-state index >= 15 is 0 Å². The number of amides is 1. The molecule has 1 atom stereocenters. The Morgan fingerprint density at radius 1 is 0.971 bits per heavy atom. The zero-order chi connectivity index (χ0) is 24.7. The van der Waals surface area contributed by atoms with Crippen molar-refractivity contribution in [2.24, 2.45) is 0 Å². The second-order valence-electron chi connectivity index (χ2n) is 8.55. The predicted molar refractivity (Wildman–Crippen MR) is 136 cm³/mol. The van der Waals surface area contributed by atoms with E-state index in [1.54, 1.807) is 19.2 Å². The molecule has 0 bridgehead atoms. The number of para-hydroxylation sites is 1. The summed E-state index contributed by atoms with van der Waals surface area (Å²) < 4.78 is 33.8. The van der Waals surface area contributed by atoms with Crippen molar-refractivity contribution in [1.82, 2.24) is 14.9 Å². The van der Waals surface area contributed by atoms with Crippen LogP contribution in [0.3, 0.4) is 0 Å². The second kappa shape index (κ2) is 11.5. The zero-order valence-electron chi connectivity index (χ0n) is 19.8. The summed E-state index contributed by atoms with van der Waals surface area (Å²) in [5.41, 5.74) is 2.18. The van der Waals surface area contributed by atoms with Gasteiger partial charge < -0.3 is 10.1 Å². The number of sulfonamides is 1. The molecule has 0 aromatic heterocycles. The molecule has 4 rings (SSSR count). The SMILES string of the molecule is COc1ccccc1[C@H](CNC(=O)c1cccc(S(=O)(=O)NCc2ccccc2)c1)N1CCCC1. The van der Waals surface area contributed by atoms with Crippen LogP contribution in [0.4, 0.5) is 0 Å². The Kier molecular flexibility index (Phi) is 8.17. The molecule has 3 aromatic carbocycles. The van der Waals surface area contributed by atoms with Gasteiger partial charge in [0.15, 0.2) is 0 Å². The number of nitrogens with zero attached hydrogens (tertiary/aromatic N) is 1. The highest BCUT2D eigenvalue weighted by molar-refractivity contribution is 7.89. The maximum absolute atomic E-state index is 13.0. The Hall–Kier alpha value is -3.20. The number of methoxy groups -OCH3 is 1. The van der Waals surface area contributed by atoms with E-state index in [0.29, 0.717) is 12.1 Å². The van der Waals surface area contributed by atoms with Crippen molar-refractivity contribution in [3.8, 4) is 5.75 Å². The van der Waals surface area contributed by atoms with Crippen molar-refractivity contribution in [3.63, 3.8) is 0 Å². The van der Waals surface area contributed by atoms with Crippen LogP contribution in [0, 0.1) is 0 Å². The summed E-state index contributed by atoms with van der Waals surface area (Å²) in [6.45, 7) is 2.48. The molecule has 0 unspecified atom stereocenters. The summed E-state index contributed by atoms with van der Waals surface area (Å²) >= 11 is 0. The Morgan fingerprint density at radius 2 is 1.69 bits per heavy atom. The molecule has 0 saturated carbocycles. The largest absolute Gasteiger partial charge is 0.496 e. The van der Waals surface area contributed by atoms with E-state index in [2.05, 4.69) is 14.9 Å². The van der Waals surface area contributed by atoms with Crippen molar-refractivity contribution < 1.29 is 17.9 Å². The van der Waals surface area contributed by atoms with Crippen molar-refractivity contribution in [1.29, 1.82) is 0 Å². The minimum atomic E-state index is -3.77. The second-order valence-corrected chi connectivity index (χ2v) is 10.3. The molecule has 0 aliphatic carbocycles. The summed E-state index contributed by atoms with van der Waals surface area (Å²) in [5.74, 6) is 0.473. The molecule has 1 amide bonds. The van der Waals surface area contributed by atoms with Crippen LogP contribution in [0.15, 0.2) is 83.8 Å². The van der Waals surface area contributed by atoms with Gasteiger partial charge in [0.25, 0.3) is 5.91 Å². The summed E-state index contributed by atoms with van der Waals surface area (Å²) in [6, 6.07) is 23.2. The molecular formula is C27H31N3O4S. The van der Waals surface area contributed by atoms with Gasteiger partial charge in [-0.15, -0.1) is 0 Å². The molecule has 0 spiro atoms. The standard InChI is InChI=1S/C27H31N3O4S/c1-34-26-15-6-5-14-24(26)25(30-16-7-8-17-30)20-28-27(31)22-12-9-13-23(18-22)35(32,33)29-19-21-10-3-2-4-11-21/h2-6,9-15,18,25,29H,7-8,16-17,19-20H2,1H3,(H,28,31)/t25-/m0/s1. The molecule has 1 saturated heterocycles. The molecule has 3 aromatic rings. The molecule has 1 heterocycles. The quantitative estimate of drug-likeness (QED) is 0.449. The number of carbonyl (C=O) groups is 1. The zero-order valence-corrected chi connectivity index (χ0v) is 20.6. The molecular weight excluding hydrogens is 462 g/mol. The first-order valence-electron chi connectivity index (χ1n) is 11.8.